The van der Waals surface area contributed by atoms with Crippen molar-refractivity contribution in [2.24, 2.45) is 0 Å². The first-order valence-electron chi connectivity index (χ1n) is 12.5. The maximum absolute atomic E-state index is 13.3. The van der Waals surface area contributed by atoms with Crippen molar-refractivity contribution in [3.05, 3.63) is 70.7 Å². The van der Waals surface area contributed by atoms with Gasteiger partial charge in [-0.2, -0.15) is 0 Å². The van der Waals surface area contributed by atoms with Gasteiger partial charge in [-0.05, 0) is 43.2 Å². The molecule has 38 heavy (non-hydrogen) atoms. The molecule has 4 aromatic rings. The first-order valence-corrected chi connectivity index (χ1v) is 12.9. The molecule has 1 aliphatic carbocycles. The molecule has 0 saturated heterocycles. The van der Waals surface area contributed by atoms with Gasteiger partial charge >= 0.3 is 5.97 Å². The van der Waals surface area contributed by atoms with Crippen molar-refractivity contribution in [1.29, 1.82) is 0 Å². The van der Waals surface area contributed by atoms with E-state index >= 15 is 0 Å². The largest absolute Gasteiger partial charge is 0.495 e. The number of nitrogens with zero attached hydrogens (tertiary/aromatic N) is 2. The smallest absolute Gasteiger partial charge is 0.335 e. The number of ether oxygens (including phenoxy) is 2. The SMILES string of the molecule is COc1cc(NC(=O)c2cccc(-c3nc4cc(C(=O)O)ccc4n3C3CCCCC3)c2)c(OC)cc1Cl. The van der Waals surface area contributed by atoms with Crippen LogP contribution < -0.4 is 14.8 Å². The minimum absolute atomic E-state index is 0.192. The van der Waals surface area contributed by atoms with Crippen molar-refractivity contribution >= 4 is 40.2 Å². The van der Waals surface area contributed by atoms with Gasteiger partial charge in [-0.15, -0.1) is 0 Å². The van der Waals surface area contributed by atoms with E-state index in [-0.39, 0.29) is 17.5 Å². The summed E-state index contributed by atoms with van der Waals surface area (Å²) >= 11 is 6.20. The molecule has 2 N–H and O–H groups in total. The second-order valence-electron chi connectivity index (χ2n) is 9.33. The average molecular weight is 534 g/mol. The Morgan fingerprint density at radius 1 is 0.974 bits per heavy atom. The molecule has 0 atom stereocenters. The molecule has 1 fully saturated rings. The van der Waals surface area contributed by atoms with E-state index in [1.807, 2.05) is 18.2 Å². The van der Waals surface area contributed by atoms with Crippen molar-refractivity contribution < 1.29 is 24.2 Å². The summed E-state index contributed by atoms with van der Waals surface area (Å²) in [6.45, 7) is 0. The van der Waals surface area contributed by atoms with Crippen LogP contribution in [0.1, 0.15) is 58.9 Å². The molecule has 1 amide bonds. The zero-order valence-electron chi connectivity index (χ0n) is 21.2. The van der Waals surface area contributed by atoms with Gasteiger partial charge in [-0.3, -0.25) is 4.79 Å². The third-order valence-corrected chi connectivity index (χ3v) is 7.28. The Bertz CT molecular complexity index is 1520. The number of rotatable bonds is 7. The van der Waals surface area contributed by atoms with E-state index in [1.165, 1.54) is 20.6 Å². The number of carbonyl (C=O) groups excluding carboxylic acids is 1. The molecule has 1 heterocycles. The third kappa shape index (κ3) is 4.91. The monoisotopic (exact) mass is 533 g/mol. The highest BCUT2D eigenvalue weighted by Gasteiger charge is 2.24. The number of halogens is 1. The van der Waals surface area contributed by atoms with Crippen molar-refractivity contribution in [2.45, 2.75) is 38.1 Å². The van der Waals surface area contributed by atoms with Crippen molar-refractivity contribution in [3.63, 3.8) is 0 Å². The van der Waals surface area contributed by atoms with Gasteiger partial charge < -0.3 is 24.5 Å². The number of amides is 1. The number of imidazole rings is 1. The van der Waals surface area contributed by atoms with Crippen LogP contribution in [0.15, 0.2) is 54.6 Å². The number of aromatic carboxylic acids is 1. The fraction of sp³-hybridized carbons (Fsp3) is 0.276. The Labute approximate surface area is 225 Å². The summed E-state index contributed by atoms with van der Waals surface area (Å²) in [5, 5.41) is 12.7. The van der Waals surface area contributed by atoms with Crippen LogP contribution in [-0.2, 0) is 0 Å². The number of carboxylic acid groups (broad SMARTS) is 1. The fourth-order valence-electron chi connectivity index (χ4n) is 5.10. The summed E-state index contributed by atoms with van der Waals surface area (Å²) in [4.78, 5) is 29.7. The maximum atomic E-state index is 13.3. The molecule has 0 unspecified atom stereocenters. The minimum atomic E-state index is -0.992. The topological polar surface area (TPSA) is 103 Å². The zero-order chi connectivity index (χ0) is 26.8. The molecule has 0 bridgehead atoms. The summed E-state index contributed by atoms with van der Waals surface area (Å²) in [5.41, 5.74) is 3.35. The normalized spacial score (nSPS) is 13.9. The molecule has 5 rings (SSSR count). The number of nitrogens with one attached hydrogen (secondary N) is 1. The van der Waals surface area contributed by atoms with Crippen LogP contribution in [0, 0.1) is 0 Å². The lowest BCUT2D eigenvalue weighted by atomic mass is 9.94. The number of hydrogen-bond donors (Lipinski definition) is 2. The Kier molecular flexibility index (Phi) is 7.24. The summed E-state index contributed by atoms with van der Waals surface area (Å²) in [7, 11) is 3.00. The van der Waals surface area contributed by atoms with E-state index in [1.54, 1.807) is 36.4 Å². The van der Waals surface area contributed by atoms with E-state index < -0.39 is 5.97 Å². The van der Waals surface area contributed by atoms with Crippen LogP contribution in [0.3, 0.4) is 0 Å². The van der Waals surface area contributed by atoms with Gasteiger partial charge in [-0.1, -0.05) is 43.0 Å². The van der Waals surface area contributed by atoms with Crippen molar-refractivity contribution in [3.8, 4) is 22.9 Å². The summed E-state index contributed by atoms with van der Waals surface area (Å²) < 4.78 is 12.9. The highest BCUT2D eigenvalue weighted by atomic mass is 35.5. The molecule has 8 nitrogen and oxygen atoms in total. The summed E-state index contributed by atoms with van der Waals surface area (Å²) in [6, 6.07) is 15.8. The second kappa shape index (κ2) is 10.8. The van der Waals surface area contributed by atoms with Gasteiger partial charge in [0.15, 0.2) is 0 Å². The van der Waals surface area contributed by atoms with E-state index in [4.69, 9.17) is 26.1 Å². The molecule has 9 heteroatoms. The lowest BCUT2D eigenvalue weighted by Crippen LogP contribution is -2.15. The van der Waals surface area contributed by atoms with Gasteiger partial charge in [0.25, 0.3) is 5.91 Å². The van der Waals surface area contributed by atoms with Crippen molar-refractivity contribution in [2.75, 3.05) is 19.5 Å². The van der Waals surface area contributed by atoms with Gasteiger partial charge in [0.05, 0.1) is 41.5 Å². The number of aromatic nitrogens is 2. The molecule has 0 aliphatic heterocycles. The lowest BCUT2D eigenvalue weighted by Gasteiger charge is -2.25. The Balaban J connectivity index is 1.54. The standard InChI is InChI=1S/C29H28ClN3O5/c1-37-25-16-23(26(38-2)15-21(25)30)32-28(34)18-8-6-7-17(13-18)27-31-22-14-19(29(35)36)11-12-24(22)33(27)20-9-4-3-5-10-20/h6-8,11-16,20H,3-5,9-10H2,1-2H3,(H,32,34)(H,35,36). The number of carboxylic acids is 1. The predicted molar refractivity (Wildman–Crippen MR) is 147 cm³/mol. The van der Waals surface area contributed by atoms with Crippen LogP contribution in [0.25, 0.3) is 22.4 Å². The molecule has 1 aliphatic rings. The lowest BCUT2D eigenvalue weighted by molar-refractivity contribution is 0.0696. The zero-order valence-corrected chi connectivity index (χ0v) is 21.9. The van der Waals surface area contributed by atoms with E-state index in [2.05, 4.69) is 9.88 Å². The third-order valence-electron chi connectivity index (χ3n) is 6.98. The predicted octanol–water partition coefficient (Wildman–Crippen LogP) is 6.83. The molecule has 1 saturated carbocycles. The van der Waals surface area contributed by atoms with E-state index in [0.29, 0.717) is 33.3 Å². The molecule has 196 valence electrons. The van der Waals surface area contributed by atoms with Gasteiger partial charge in [0.1, 0.15) is 17.3 Å². The Morgan fingerprint density at radius 3 is 2.45 bits per heavy atom. The van der Waals surface area contributed by atoms with Gasteiger partial charge in [0.2, 0.25) is 0 Å². The highest BCUT2D eigenvalue weighted by Crippen LogP contribution is 2.38. The first kappa shape index (κ1) is 25.6. The van der Waals surface area contributed by atoms with E-state index in [9.17, 15) is 14.7 Å². The number of fused-ring (bicyclic) bond motifs is 1. The van der Waals surface area contributed by atoms with Crippen LogP contribution in [0.2, 0.25) is 5.02 Å². The first-order chi connectivity index (χ1) is 18.4. The van der Waals surface area contributed by atoms with Crippen LogP contribution in [-0.4, -0.2) is 40.8 Å². The van der Waals surface area contributed by atoms with Crippen LogP contribution >= 0.6 is 11.6 Å². The molecular weight excluding hydrogens is 506 g/mol. The van der Waals surface area contributed by atoms with Gasteiger partial charge in [-0.25, -0.2) is 9.78 Å². The summed E-state index contributed by atoms with van der Waals surface area (Å²) in [5.74, 6) is 0.221. The maximum Gasteiger partial charge on any atom is 0.335 e. The second-order valence-corrected chi connectivity index (χ2v) is 9.74. The number of hydrogen-bond acceptors (Lipinski definition) is 5. The number of benzene rings is 3. The van der Waals surface area contributed by atoms with Crippen LogP contribution in [0.4, 0.5) is 5.69 Å². The van der Waals surface area contributed by atoms with Gasteiger partial charge in [0, 0.05) is 29.3 Å². The van der Waals surface area contributed by atoms with Crippen LogP contribution in [0.5, 0.6) is 11.5 Å². The highest BCUT2D eigenvalue weighted by molar-refractivity contribution is 6.32. The quantitative estimate of drug-likeness (QED) is 0.270. The van der Waals surface area contributed by atoms with Crippen molar-refractivity contribution in [1.82, 2.24) is 9.55 Å². The summed E-state index contributed by atoms with van der Waals surface area (Å²) in [6.07, 6.45) is 5.52. The minimum Gasteiger partial charge on any atom is -0.495 e. The molecule has 3 aromatic carbocycles. The number of carbonyl (C=O) groups is 2. The Hall–Kier alpha value is -4.04. The Morgan fingerprint density at radius 2 is 1.74 bits per heavy atom. The molecule has 0 radical (unpaired) electrons. The number of anilines is 1. The molecular formula is C29H28ClN3O5. The average Bonchev–Trinajstić information content (AvgIpc) is 3.33. The number of methoxy groups -OCH3 is 2. The fourth-order valence-corrected chi connectivity index (χ4v) is 5.33. The molecule has 0 spiro atoms. The van der Waals surface area contributed by atoms with E-state index in [0.717, 1.165) is 42.6 Å². The molecule has 1 aromatic heterocycles.